The summed E-state index contributed by atoms with van der Waals surface area (Å²) in [6, 6.07) is 3.95. The van der Waals surface area contributed by atoms with E-state index in [0.717, 1.165) is 18.2 Å². The molecule has 0 amide bonds. The summed E-state index contributed by atoms with van der Waals surface area (Å²) in [5.41, 5.74) is 7.70. The summed E-state index contributed by atoms with van der Waals surface area (Å²) in [5, 5.41) is 0. The molecular formula is C14H18FIN2. The summed E-state index contributed by atoms with van der Waals surface area (Å²) in [6.07, 6.45) is 6.44. The zero-order valence-corrected chi connectivity index (χ0v) is 12.5. The fourth-order valence-corrected chi connectivity index (χ4v) is 4.00. The standard InChI is InChI=1S/C14H18FIN2/c15-10-7-14(12(17)8-11(10)16)18-6-5-9-3-1-2-4-13(9)18/h7-9,13H,1-6,17H2. The summed E-state index contributed by atoms with van der Waals surface area (Å²) in [6.45, 7) is 1.03. The molecule has 2 nitrogen and oxygen atoms in total. The molecule has 0 spiro atoms. The molecule has 1 saturated heterocycles. The van der Waals surface area contributed by atoms with E-state index in [1.54, 1.807) is 12.1 Å². The van der Waals surface area contributed by atoms with Gasteiger partial charge in [-0.25, -0.2) is 4.39 Å². The van der Waals surface area contributed by atoms with Gasteiger partial charge in [0, 0.05) is 18.7 Å². The lowest BCUT2D eigenvalue weighted by molar-refractivity contribution is 0.342. The molecule has 98 valence electrons. The van der Waals surface area contributed by atoms with Gasteiger partial charge in [0.25, 0.3) is 0 Å². The Hall–Kier alpha value is -0.520. The highest BCUT2D eigenvalue weighted by atomic mass is 127. The summed E-state index contributed by atoms with van der Waals surface area (Å²) in [7, 11) is 0. The van der Waals surface area contributed by atoms with E-state index in [4.69, 9.17) is 5.73 Å². The normalized spacial score (nSPS) is 27.3. The van der Waals surface area contributed by atoms with Crippen molar-refractivity contribution in [2.24, 2.45) is 5.92 Å². The molecule has 1 aromatic carbocycles. The van der Waals surface area contributed by atoms with Crippen molar-refractivity contribution < 1.29 is 4.39 Å². The second-order valence-electron chi connectivity index (χ2n) is 5.42. The fourth-order valence-electron chi connectivity index (χ4n) is 3.51. The Bertz CT molecular complexity index is 463. The first-order valence-electron chi connectivity index (χ1n) is 6.68. The number of hydrogen-bond acceptors (Lipinski definition) is 2. The van der Waals surface area contributed by atoms with Gasteiger partial charge in [-0.2, -0.15) is 0 Å². The minimum Gasteiger partial charge on any atom is -0.397 e. The number of nitrogens with two attached hydrogens (primary N) is 1. The second kappa shape index (κ2) is 4.87. The fraction of sp³-hybridized carbons (Fsp3) is 0.571. The molecule has 1 saturated carbocycles. The van der Waals surface area contributed by atoms with E-state index >= 15 is 0 Å². The average Bonchev–Trinajstić information content (AvgIpc) is 2.78. The Kier molecular flexibility index (Phi) is 3.38. The Balaban J connectivity index is 1.93. The van der Waals surface area contributed by atoms with Crippen LogP contribution in [0.5, 0.6) is 0 Å². The van der Waals surface area contributed by atoms with E-state index in [2.05, 4.69) is 4.90 Å². The lowest BCUT2D eigenvalue weighted by Crippen LogP contribution is -2.35. The second-order valence-corrected chi connectivity index (χ2v) is 6.58. The molecule has 0 radical (unpaired) electrons. The predicted octanol–water partition coefficient (Wildman–Crippen LogP) is 3.78. The van der Waals surface area contributed by atoms with Crippen molar-refractivity contribution in [2.75, 3.05) is 17.2 Å². The molecule has 0 aromatic heterocycles. The van der Waals surface area contributed by atoms with E-state index in [1.165, 1.54) is 32.1 Å². The number of nitrogen functional groups attached to an aromatic ring is 1. The Morgan fingerprint density at radius 1 is 1.22 bits per heavy atom. The van der Waals surface area contributed by atoms with Crippen LogP contribution in [0.2, 0.25) is 0 Å². The van der Waals surface area contributed by atoms with Crippen molar-refractivity contribution >= 4 is 34.0 Å². The monoisotopic (exact) mass is 360 g/mol. The maximum atomic E-state index is 13.7. The van der Waals surface area contributed by atoms with E-state index in [-0.39, 0.29) is 5.82 Å². The van der Waals surface area contributed by atoms with Gasteiger partial charge < -0.3 is 10.6 Å². The molecule has 2 unspecified atom stereocenters. The van der Waals surface area contributed by atoms with Crippen molar-refractivity contribution in [3.63, 3.8) is 0 Å². The van der Waals surface area contributed by atoms with Crippen LogP contribution < -0.4 is 10.6 Å². The van der Waals surface area contributed by atoms with Crippen molar-refractivity contribution in [2.45, 2.75) is 38.1 Å². The highest BCUT2D eigenvalue weighted by Gasteiger charge is 2.36. The predicted molar refractivity (Wildman–Crippen MR) is 81.2 cm³/mol. The third-order valence-electron chi connectivity index (χ3n) is 4.39. The molecule has 2 fully saturated rings. The number of fused-ring (bicyclic) bond motifs is 1. The highest BCUT2D eigenvalue weighted by Crippen LogP contribution is 2.41. The summed E-state index contributed by atoms with van der Waals surface area (Å²) in [4.78, 5) is 2.35. The zero-order chi connectivity index (χ0) is 12.7. The third-order valence-corrected chi connectivity index (χ3v) is 5.22. The van der Waals surface area contributed by atoms with Crippen molar-refractivity contribution in [1.82, 2.24) is 0 Å². The van der Waals surface area contributed by atoms with Gasteiger partial charge in [0.05, 0.1) is 14.9 Å². The van der Waals surface area contributed by atoms with Crippen LogP contribution in [0.3, 0.4) is 0 Å². The lowest BCUT2D eigenvalue weighted by atomic mass is 9.85. The number of rotatable bonds is 1. The molecule has 2 atom stereocenters. The summed E-state index contributed by atoms with van der Waals surface area (Å²) >= 11 is 1.99. The molecule has 1 heterocycles. The maximum Gasteiger partial charge on any atom is 0.138 e. The van der Waals surface area contributed by atoms with Gasteiger partial charge in [-0.05, 0) is 53.8 Å². The van der Waals surface area contributed by atoms with E-state index in [9.17, 15) is 4.39 Å². The number of benzene rings is 1. The minimum atomic E-state index is -0.154. The van der Waals surface area contributed by atoms with E-state index in [0.29, 0.717) is 15.3 Å². The van der Waals surface area contributed by atoms with Crippen LogP contribution in [0.15, 0.2) is 12.1 Å². The molecule has 4 heteroatoms. The van der Waals surface area contributed by atoms with Crippen LogP contribution in [-0.2, 0) is 0 Å². The molecule has 1 aromatic rings. The largest absolute Gasteiger partial charge is 0.397 e. The van der Waals surface area contributed by atoms with Gasteiger partial charge in [0.2, 0.25) is 0 Å². The first-order valence-corrected chi connectivity index (χ1v) is 7.76. The zero-order valence-electron chi connectivity index (χ0n) is 10.3. The van der Waals surface area contributed by atoms with Gasteiger partial charge in [-0.15, -0.1) is 0 Å². The average molecular weight is 360 g/mol. The van der Waals surface area contributed by atoms with Gasteiger partial charge in [-0.3, -0.25) is 0 Å². The first-order chi connectivity index (χ1) is 8.66. The van der Waals surface area contributed by atoms with Crippen LogP contribution in [-0.4, -0.2) is 12.6 Å². The van der Waals surface area contributed by atoms with Crippen molar-refractivity contribution in [1.29, 1.82) is 0 Å². The summed E-state index contributed by atoms with van der Waals surface area (Å²) in [5.74, 6) is 0.638. The number of nitrogens with zero attached hydrogens (tertiary/aromatic N) is 1. The van der Waals surface area contributed by atoms with Gasteiger partial charge in [-0.1, -0.05) is 12.8 Å². The van der Waals surface area contributed by atoms with Gasteiger partial charge >= 0.3 is 0 Å². The topological polar surface area (TPSA) is 29.3 Å². The van der Waals surface area contributed by atoms with Crippen molar-refractivity contribution in [3.8, 4) is 0 Å². The van der Waals surface area contributed by atoms with Crippen LogP contribution in [0.1, 0.15) is 32.1 Å². The Labute approximate surface area is 121 Å². The van der Waals surface area contributed by atoms with Gasteiger partial charge in [0.1, 0.15) is 5.82 Å². The quantitative estimate of drug-likeness (QED) is 0.610. The molecular weight excluding hydrogens is 342 g/mol. The molecule has 18 heavy (non-hydrogen) atoms. The lowest BCUT2D eigenvalue weighted by Gasteiger charge is -2.33. The molecule has 1 aliphatic heterocycles. The maximum absolute atomic E-state index is 13.7. The van der Waals surface area contributed by atoms with E-state index in [1.807, 2.05) is 22.6 Å². The highest BCUT2D eigenvalue weighted by molar-refractivity contribution is 14.1. The molecule has 3 rings (SSSR count). The number of halogens is 2. The molecule has 2 N–H and O–H groups in total. The molecule has 0 bridgehead atoms. The Morgan fingerprint density at radius 3 is 2.83 bits per heavy atom. The van der Waals surface area contributed by atoms with Gasteiger partial charge in [0.15, 0.2) is 0 Å². The van der Waals surface area contributed by atoms with Crippen LogP contribution in [0.25, 0.3) is 0 Å². The minimum absolute atomic E-state index is 0.154. The first kappa shape index (κ1) is 12.5. The molecule has 2 aliphatic rings. The number of anilines is 2. The number of hydrogen-bond donors (Lipinski definition) is 1. The van der Waals surface area contributed by atoms with E-state index < -0.39 is 0 Å². The Morgan fingerprint density at radius 2 is 2.00 bits per heavy atom. The SMILES string of the molecule is Nc1cc(I)c(F)cc1N1CCC2CCCCC21. The smallest absolute Gasteiger partial charge is 0.138 e. The van der Waals surface area contributed by atoms with Crippen molar-refractivity contribution in [3.05, 3.63) is 21.5 Å². The van der Waals surface area contributed by atoms with Crippen LogP contribution >= 0.6 is 22.6 Å². The van der Waals surface area contributed by atoms with Crippen LogP contribution in [0, 0.1) is 15.3 Å². The summed E-state index contributed by atoms with van der Waals surface area (Å²) < 4.78 is 14.4. The molecule has 1 aliphatic carbocycles. The van der Waals surface area contributed by atoms with Crippen LogP contribution in [0.4, 0.5) is 15.8 Å². The third kappa shape index (κ3) is 2.08.